The van der Waals surface area contributed by atoms with Gasteiger partial charge in [0, 0.05) is 27.7 Å². The molecular formula is C23H19F2N3OS. The number of rotatable bonds is 6. The highest BCUT2D eigenvalue weighted by Gasteiger charge is 2.14. The Labute approximate surface area is 177 Å². The average molecular weight is 423 g/mol. The van der Waals surface area contributed by atoms with Crippen LogP contribution < -0.4 is 5.32 Å². The lowest BCUT2D eigenvalue weighted by atomic mass is 10.1. The highest BCUT2D eigenvalue weighted by atomic mass is 32.2. The van der Waals surface area contributed by atoms with Crippen LogP contribution in [0.15, 0.2) is 71.1 Å². The van der Waals surface area contributed by atoms with E-state index in [0.29, 0.717) is 22.3 Å². The van der Waals surface area contributed by atoms with E-state index in [2.05, 4.69) is 9.88 Å². The molecule has 1 heterocycles. The Bertz CT molecular complexity index is 1110. The number of hydrogen-bond donors (Lipinski definition) is 1. The van der Waals surface area contributed by atoms with E-state index in [4.69, 9.17) is 0 Å². The largest absolute Gasteiger partial charge is 0.321 e. The van der Waals surface area contributed by atoms with Crippen LogP contribution in [0.2, 0.25) is 0 Å². The quantitative estimate of drug-likeness (QED) is 0.303. The summed E-state index contributed by atoms with van der Waals surface area (Å²) in [6, 6.07) is 19.7. The number of halogens is 2. The molecule has 30 heavy (non-hydrogen) atoms. The Morgan fingerprint density at radius 2 is 1.80 bits per heavy atom. The third-order valence-electron chi connectivity index (χ3n) is 4.49. The minimum Gasteiger partial charge on any atom is -0.321 e. The standard InChI is InChI=1S/C23H19F2N3OS/c1-15-12-17(16(2)28(15)20-6-4-3-5-7-20)13-18(14-26)22(29)27-19-8-10-21(11-9-19)30-23(24)25/h3-13,23H,1-2H3,(H,27,29)/b18-13+. The first-order valence-corrected chi connectivity index (χ1v) is 9.99. The van der Waals surface area contributed by atoms with Crippen molar-refractivity contribution in [3.05, 3.63) is 83.2 Å². The number of para-hydroxylation sites is 1. The molecule has 0 spiro atoms. The summed E-state index contributed by atoms with van der Waals surface area (Å²) in [6.45, 7) is 3.89. The SMILES string of the molecule is Cc1cc(/C=C(\C#N)C(=O)Nc2ccc(SC(F)F)cc2)c(C)n1-c1ccccc1. The molecule has 1 N–H and O–H groups in total. The Balaban J connectivity index is 1.82. The number of nitrogens with zero attached hydrogens (tertiary/aromatic N) is 2. The van der Waals surface area contributed by atoms with E-state index < -0.39 is 11.7 Å². The van der Waals surface area contributed by atoms with Gasteiger partial charge < -0.3 is 9.88 Å². The summed E-state index contributed by atoms with van der Waals surface area (Å²) in [6.07, 6.45) is 1.55. The molecule has 0 atom stereocenters. The highest BCUT2D eigenvalue weighted by molar-refractivity contribution is 7.99. The number of benzene rings is 2. The van der Waals surface area contributed by atoms with Gasteiger partial charge in [-0.05, 0) is 68.0 Å². The van der Waals surface area contributed by atoms with Crippen molar-refractivity contribution in [2.45, 2.75) is 24.5 Å². The fraction of sp³-hybridized carbons (Fsp3) is 0.130. The first kappa shape index (κ1) is 21.3. The maximum atomic E-state index is 12.5. The van der Waals surface area contributed by atoms with Crippen LogP contribution in [0.25, 0.3) is 11.8 Å². The minimum absolute atomic E-state index is 0.0469. The van der Waals surface area contributed by atoms with E-state index in [0.717, 1.165) is 22.6 Å². The predicted molar refractivity (Wildman–Crippen MR) is 116 cm³/mol. The molecule has 0 bridgehead atoms. The summed E-state index contributed by atoms with van der Waals surface area (Å²) in [5.41, 5.74) is 4.04. The Hall–Kier alpha value is -3.37. The fourth-order valence-electron chi connectivity index (χ4n) is 3.13. The maximum Gasteiger partial charge on any atom is 0.288 e. The van der Waals surface area contributed by atoms with E-state index in [-0.39, 0.29) is 5.57 Å². The first-order chi connectivity index (χ1) is 14.4. The van der Waals surface area contributed by atoms with Crippen molar-refractivity contribution in [3.8, 4) is 11.8 Å². The van der Waals surface area contributed by atoms with Gasteiger partial charge in [0.05, 0.1) is 0 Å². The second-order valence-corrected chi connectivity index (χ2v) is 7.59. The number of nitrogens with one attached hydrogen (secondary N) is 1. The average Bonchev–Trinajstić information content (AvgIpc) is 3.00. The van der Waals surface area contributed by atoms with Gasteiger partial charge in [-0.25, -0.2) is 0 Å². The minimum atomic E-state index is -2.51. The summed E-state index contributed by atoms with van der Waals surface area (Å²) in [5.74, 6) is -3.07. The third-order valence-corrected chi connectivity index (χ3v) is 5.21. The second kappa shape index (κ2) is 9.42. The summed E-state index contributed by atoms with van der Waals surface area (Å²) >= 11 is 0.430. The van der Waals surface area contributed by atoms with Gasteiger partial charge in [-0.15, -0.1) is 0 Å². The highest BCUT2D eigenvalue weighted by Crippen LogP contribution is 2.26. The number of alkyl halides is 2. The Kier molecular flexibility index (Phi) is 6.70. The van der Waals surface area contributed by atoms with E-state index in [9.17, 15) is 18.8 Å². The van der Waals surface area contributed by atoms with Crippen LogP contribution in [0, 0.1) is 25.2 Å². The van der Waals surface area contributed by atoms with Crippen LogP contribution in [0.4, 0.5) is 14.5 Å². The monoisotopic (exact) mass is 423 g/mol. The summed E-state index contributed by atoms with van der Waals surface area (Å²) in [5, 5.41) is 12.1. The van der Waals surface area contributed by atoms with Gasteiger partial charge in [0.2, 0.25) is 0 Å². The van der Waals surface area contributed by atoms with Crippen LogP contribution >= 0.6 is 11.8 Å². The van der Waals surface area contributed by atoms with Gasteiger partial charge in [0.25, 0.3) is 11.7 Å². The Morgan fingerprint density at radius 3 is 2.40 bits per heavy atom. The number of carbonyl (C=O) groups is 1. The molecule has 0 fully saturated rings. The third kappa shape index (κ3) is 4.97. The van der Waals surface area contributed by atoms with Crippen molar-refractivity contribution in [1.29, 1.82) is 5.26 Å². The molecule has 0 radical (unpaired) electrons. The molecule has 0 saturated heterocycles. The van der Waals surface area contributed by atoms with Crippen molar-refractivity contribution in [1.82, 2.24) is 4.57 Å². The van der Waals surface area contributed by atoms with Crippen LogP contribution in [0.1, 0.15) is 17.0 Å². The summed E-state index contributed by atoms with van der Waals surface area (Å²) in [7, 11) is 0. The second-order valence-electron chi connectivity index (χ2n) is 6.52. The van der Waals surface area contributed by atoms with Gasteiger partial charge >= 0.3 is 0 Å². The molecular weight excluding hydrogens is 404 g/mol. The van der Waals surface area contributed by atoms with Gasteiger partial charge in [0.15, 0.2) is 0 Å². The predicted octanol–water partition coefficient (Wildman–Crippen LogP) is 5.95. The van der Waals surface area contributed by atoms with Crippen LogP contribution in [-0.4, -0.2) is 16.2 Å². The molecule has 0 saturated carbocycles. The zero-order valence-corrected chi connectivity index (χ0v) is 17.2. The topological polar surface area (TPSA) is 57.8 Å². The van der Waals surface area contributed by atoms with Crippen molar-refractivity contribution in [2.75, 3.05) is 5.32 Å². The van der Waals surface area contributed by atoms with E-state index in [1.165, 1.54) is 24.3 Å². The fourth-order valence-corrected chi connectivity index (χ4v) is 3.63. The molecule has 3 rings (SSSR count). The molecule has 0 aliphatic carbocycles. The number of thioether (sulfide) groups is 1. The lowest BCUT2D eigenvalue weighted by Crippen LogP contribution is -2.13. The molecule has 0 aliphatic rings. The Morgan fingerprint density at radius 1 is 1.13 bits per heavy atom. The molecule has 7 heteroatoms. The van der Waals surface area contributed by atoms with Crippen molar-refractivity contribution >= 4 is 29.4 Å². The van der Waals surface area contributed by atoms with Crippen LogP contribution in [0.5, 0.6) is 0 Å². The molecule has 1 amide bonds. The van der Waals surface area contributed by atoms with Crippen molar-refractivity contribution < 1.29 is 13.6 Å². The zero-order valence-electron chi connectivity index (χ0n) is 16.4. The molecule has 4 nitrogen and oxygen atoms in total. The van der Waals surface area contributed by atoms with Gasteiger partial charge in [-0.1, -0.05) is 30.0 Å². The summed E-state index contributed by atoms with van der Waals surface area (Å²) < 4.78 is 26.9. The number of aromatic nitrogens is 1. The molecule has 3 aromatic rings. The number of amides is 1. The molecule has 1 aromatic heterocycles. The van der Waals surface area contributed by atoms with E-state index >= 15 is 0 Å². The van der Waals surface area contributed by atoms with Crippen LogP contribution in [-0.2, 0) is 4.79 Å². The lowest BCUT2D eigenvalue weighted by Gasteiger charge is -2.09. The molecule has 0 aliphatic heterocycles. The van der Waals surface area contributed by atoms with Gasteiger partial charge in [-0.2, -0.15) is 14.0 Å². The lowest BCUT2D eigenvalue weighted by molar-refractivity contribution is -0.112. The van der Waals surface area contributed by atoms with E-state index in [1.807, 2.05) is 56.3 Å². The number of aryl methyl sites for hydroxylation is 1. The number of anilines is 1. The van der Waals surface area contributed by atoms with Gasteiger partial charge in [-0.3, -0.25) is 4.79 Å². The van der Waals surface area contributed by atoms with Crippen molar-refractivity contribution in [2.24, 2.45) is 0 Å². The molecule has 2 aromatic carbocycles. The van der Waals surface area contributed by atoms with E-state index in [1.54, 1.807) is 6.08 Å². The summed E-state index contributed by atoms with van der Waals surface area (Å²) in [4.78, 5) is 12.9. The molecule has 152 valence electrons. The smallest absolute Gasteiger partial charge is 0.288 e. The first-order valence-electron chi connectivity index (χ1n) is 9.11. The molecule has 0 unspecified atom stereocenters. The number of nitriles is 1. The maximum absolute atomic E-state index is 12.5. The van der Waals surface area contributed by atoms with Gasteiger partial charge in [0.1, 0.15) is 11.6 Å². The normalized spacial score (nSPS) is 11.4. The van der Waals surface area contributed by atoms with Crippen molar-refractivity contribution in [3.63, 3.8) is 0 Å². The zero-order chi connectivity index (χ0) is 21.7. The number of carbonyl (C=O) groups excluding carboxylic acids is 1. The number of hydrogen-bond acceptors (Lipinski definition) is 3. The van der Waals surface area contributed by atoms with Crippen LogP contribution in [0.3, 0.4) is 0 Å².